The molecule has 2 fully saturated rings. The highest BCUT2D eigenvalue weighted by atomic mass is 16.3. The molecule has 0 spiro atoms. The smallest absolute Gasteiger partial charge is 0.0761 e. The summed E-state index contributed by atoms with van der Waals surface area (Å²) in [5.74, 6) is 0.926. The summed E-state index contributed by atoms with van der Waals surface area (Å²) in [5, 5.41) is 9.56. The Labute approximate surface area is 110 Å². The third-order valence-electron chi connectivity index (χ3n) is 4.70. The number of rotatable bonds is 2. The molecule has 1 saturated heterocycles. The predicted molar refractivity (Wildman–Crippen MR) is 74.8 cm³/mol. The van der Waals surface area contributed by atoms with Gasteiger partial charge in [-0.1, -0.05) is 18.6 Å². The van der Waals surface area contributed by atoms with Crippen molar-refractivity contribution in [3.8, 4) is 0 Å². The van der Waals surface area contributed by atoms with Gasteiger partial charge in [0.2, 0.25) is 0 Å². The number of nitrogens with zero attached hydrogens (tertiary/aromatic N) is 1. The SMILES string of the molecule is C[C@@H](O)c1ccc(N2CCCC3CCCC32)cc1. The fourth-order valence-electron chi connectivity index (χ4n) is 3.72. The molecule has 1 aromatic carbocycles. The van der Waals surface area contributed by atoms with E-state index in [1.165, 1.54) is 44.3 Å². The molecule has 3 atom stereocenters. The van der Waals surface area contributed by atoms with Crippen LogP contribution < -0.4 is 4.90 Å². The van der Waals surface area contributed by atoms with E-state index in [-0.39, 0.29) is 6.10 Å². The van der Waals surface area contributed by atoms with Gasteiger partial charge in [0, 0.05) is 18.3 Å². The van der Waals surface area contributed by atoms with Crippen molar-refractivity contribution >= 4 is 5.69 Å². The highest BCUT2D eigenvalue weighted by molar-refractivity contribution is 5.49. The molecule has 2 aliphatic rings. The van der Waals surface area contributed by atoms with E-state index in [1.54, 1.807) is 0 Å². The van der Waals surface area contributed by atoms with Gasteiger partial charge in [-0.05, 0) is 56.2 Å². The molecule has 2 unspecified atom stereocenters. The molecular formula is C16H23NO. The molecule has 0 radical (unpaired) electrons. The van der Waals surface area contributed by atoms with Crippen molar-refractivity contribution in [2.75, 3.05) is 11.4 Å². The molecule has 2 heteroatoms. The average molecular weight is 245 g/mol. The van der Waals surface area contributed by atoms with Gasteiger partial charge in [-0.3, -0.25) is 0 Å². The summed E-state index contributed by atoms with van der Waals surface area (Å²) in [4.78, 5) is 2.60. The van der Waals surface area contributed by atoms with Crippen molar-refractivity contribution in [3.63, 3.8) is 0 Å². The van der Waals surface area contributed by atoms with Crippen molar-refractivity contribution in [1.29, 1.82) is 0 Å². The van der Waals surface area contributed by atoms with Crippen LogP contribution in [-0.2, 0) is 0 Å². The quantitative estimate of drug-likeness (QED) is 0.862. The molecule has 1 aromatic rings. The minimum atomic E-state index is -0.361. The van der Waals surface area contributed by atoms with Crippen LogP contribution in [0, 0.1) is 5.92 Å². The van der Waals surface area contributed by atoms with E-state index in [9.17, 15) is 5.11 Å². The Kier molecular flexibility index (Phi) is 3.29. The van der Waals surface area contributed by atoms with Gasteiger partial charge in [-0.2, -0.15) is 0 Å². The first-order chi connectivity index (χ1) is 8.75. The Hall–Kier alpha value is -1.02. The van der Waals surface area contributed by atoms with Crippen molar-refractivity contribution in [1.82, 2.24) is 0 Å². The lowest BCUT2D eigenvalue weighted by atomic mass is 9.91. The van der Waals surface area contributed by atoms with Crippen LogP contribution in [0.25, 0.3) is 0 Å². The Bertz CT molecular complexity index is 398. The molecule has 1 heterocycles. The van der Waals surface area contributed by atoms with E-state index in [0.717, 1.165) is 17.5 Å². The summed E-state index contributed by atoms with van der Waals surface area (Å²) in [6, 6.07) is 9.28. The van der Waals surface area contributed by atoms with Gasteiger partial charge in [0.05, 0.1) is 6.10 Å². The Morgan fingerprint density at radius 1 is 1.11 bits per heavy atom. The number of benzene rings is 1. The van der Waals surface area contributed by atoms with Gasteiger partial charge in [-0.15, -0.1) is 0 Å². The zero-order chi connectivity index (χ0) is 12.5. The predicted octanol–water partition coefficient (Wildman–Crippen LogP) is 3.51. The number of piperidine rings is 1. The van der Waals surface area contributed by atoms with Crippen molar-refractivity contribution in [2.24, 2.45) is 5.92 Å². The molecule has 98 valence electrons. The molecule has 1 aliphatic heterocycles. The maximum atomic E-state index is 9.56. The van der Waals surface area contributed by atoms with Crippen LogP contribution in [0.1, 0.15) is 50.7 Å². The van der Waals surface area contributed by atoms with Crippen LogP contribution in [0.3, 0.4) is 0 Å². The fraction of sp³-hybridized carbons (Fsp3) is 0.625. The summed E-state index contributed by atoms with van der Waals surface area (Å²) < 4.78 is 0. The summed E-state index contributed by atoms with van der Waals surface area (Å²) in [6.07, 6.45) is 6.58. The van der Waals surface area contributed by atoms with Gasteiger partial charge in [0.15, 0.2) is 0 Å². The molecule has 1 aliphatic carbocycles. The van der Waals surface area contributed by atoms with Crippen molar-refractivity contribution in [2.45, 2.75) is 51.2 Å². The molecule has 0 amide bonds. The van der Waals surface area contributed by atoms with Crippen LogP contribution >= 0.6 is 0 Å². The van der Waals surface area contributed by atoms with E-state index < -0.39 is 0 Å². The maximum absolute atomic E-state index is 9.56. The first-order valence-electron chi connectivity index (χ1n) is 7.30. The van der Waals surface area contributed by atoms with Crippen LogP contribution in [0.2, 0.25) is 0 Å². The van der Waals surface area contributed by atoms with Crippen LogP contribution in [0.5, 0.6) is 0 Å². The summed E-state index contributed by atoms with van der Waals surface area (Å²) >= 11 is 0. The van der Waals surface area contributed by atoms with Crippen LogP contribution in [-0.4, -0.2) is 17.7 Å². The molecule has 0 bridgehead atoms. The molecule has 1 saturated carbocycles. The normalized spacial score (nSPS) is 29.1. The Morgan fingerprint density at radius 2 is 1.83 bits per heavy atom. The standard InChI is InChI=1S/C16H23NO/c1-12(18)13-7-9-15(10-8-13)17-11-3-5-14-4-2-6-16(14)17/h7-10,12,14,16,18H,2-6,11H2,1H3/t12-,14?,16?/m1/s1. The highest BCUT2D eigenvalue weighted by Crippen LogP contribution is 2.39. The number of fused-ring (bicyclic) bond motifs is 1. The molecule has 0 aromatic heterocycles. The molecule has 2 nitrogen and oxygen atoms in total. The Morgan fingerprint density at radius 3 is 2.56 bits per heavy atom. The van der Waals surface area contributed by atoms with Gasteiger partial charge >= 0.3 is 0 Å². The zero-order valence-corrected chi connectivity index (χ0v) is 11.2. The second-order valence-electron chi connectivity index (χ2n) is 5.86. The van der Waals surface area contributed by atoms with Gasteiger partial charge in [0.25, 0.3) is 0 Å². The zero-order valence-electron chi connectivity index (χ0n) is 11.2. The van der Waals surface area contributed by atoms with Crippen molar-refractivity contribution in [3.05, 3.63) is 29.8 Å². The number of aliphatic hydroxyl groups excluding tert-OH is 1. The maximum Gasteiger partial charge on any atom is 0.0761 e. The van der Waals surface area contributed by atoms with E-state index in [1.807, 2.05) is 6.92 Å². The van der Waals surface area contributed by atoms with E-state index in [4.69, 9.17) is 0 Å². The third kappa shape index (κ3) is 2.14. The van der Waals surface area contributed by atoms with Crippen LogP contribution in [0.15, 0.2) is 24.3 Å². The lowest BCUT2D eigenvalue weighted by molar-refractivity contribution is 0.199. The van der Waals surface area contributed by atoms with E-state index in [0.29, 0.717) is 0 Å². The molecule has 18 heavy (non-hydrogen) atoms. The number of aliphatic hydroxyl groups is 1. The lowest BCUT2D eigenvalue weighted by Gasteiger charge is -2.39. The second kappa shape index (κ2) is 4.93. The minimum Gasteiger partial charge on any atom is -0.389 e. The van der Waals surface area contributed by atoms with Gasteiger partial charge in [0.1, 0.15) is 0 Å². The first-order valence-corrected chi connectivity index (χ1v) is 7.30. The monoisotopic (exact) mass is 245 g/mol. The molecule has 1 N–H and O–H groups in total. The summed E-state index contributed by atoms with van der Waals surface area (Å²) in [6.45, 7) is 3.03. The third-order valence-corrected chi connectivity index (χ3v) is 4.70. The van der Waals surface area contributed by atoms with Crippen molar-refractivity contribution < 1.29 is 5.11 Å². The fourth-order valence-corrected chi connectivity index (χ4v) is 3.72. The second-order valence-corrected chi connectivity index (χ2v) is 5.86. The molecule has 3 rings (SSSR count). The Balaban J connectivity index is 1.80. The minimum absolute atomic E-state index is 0.361. The van der Waals surface area contributed by atoms with E-state index >= 15 is 0 Å². The number of anilines is 1. The lowest BCUT2D eigenvalue weighted by Crippen LogP contribution is -2.42. The molecular weight excluding hydrogens is 222 g/mol. The van der Waals surface area contributed by atoms with Gasteiger partial charge < -0.3 is 10.0 Å². The van der Waals surface area contributed by atoms with Crippen LogP contribution in [0.4, 0.5) is 5.69 Å². The topological polar surface area (TPSA) is 23.5 Å². The largest absolute Gasteiger partial charge is 0.389 e. The average Bonchev–Trinajstić information content (AvgIpc) is 2.87. The number of hydrogen-bond donors (Lipinski definition) is 1. The first kappa shape index (κ1) is 12.0. The van der Waals surface area contributed by atoms with Gasteiger partial charge in [-0.25, -0.2) is 0 Å². The number of hydrogen-bond acceptors (Lipinski definition) is 2. The summed E-state index contributed by atoms with van der Waals surface area (Å²) in [7, 11) is 0. The van der Waals surface area contributed by atoms with E-state index in [2.05, 4.69) is 29.2 Å². The summed E-state index contributed by atoms with van der Waals surface area (Å²) in [5.41, 5.74) is 2.36. The highest BCUT2D eigenvalue weighted by Gasteiger charge is 2.34.